The molecule has 0 aromatic rings. The summed E-state index contributed by atoms with van der Waals surface area (Å²) in [7, 11) is 0. The van der Waals surface area contributed by atoms with Gasteiger partial charge in [-0.25, -0.2) is 0 Å². The number of likely N-dealkylation sites (tertiary alicyclic amines) is 1. The van der Waals surface area contributed by atoms with E-state index < -0.39 is 0 Å². The highest BCUT2D eigenvalue weighted by Gasteiger charge is 2.36. The first kappa shape index (κ1) is 9.20. The number of Topliss-reactive ketones (excluding diaryl/α,β-unsaturated/α-hetero) is 1. The maximum Gasteiger partial charge on any atom is 0.129 e. The van der Waals surface area contributed by atoms with Gasteiger partial charge in [0.2, 0.25) is 0 Å². The van der Waals surface area contributed by atoms with E-state index >= 15 is 0 Å². The van der Waals surface area contributed by atoms with E-state index in [-0.39, 0.29) is 0 Å². The fourth-order valence-corrected chi connectivity index (χ4v) is 2.83. The lowest BCUT2D eigenvalue weighted by atomic mass is 10.1. The summed E-state index contributed by atoms with van der Waals surface area (Å²) in [6, 6.07) is 0.872. The summed E-state index contributed by atoms with van der Waals surface area (Å²) >= 11 is 0. The maximum atomic E-state index is 10.8. The van der Waals surface area contributed by atoms with Crippen LogP contribution in [0.1, 0.15) is 39.0 Å². The van der Waals surface area contributed by atoms with E-state index in [2.05, 4.69) is 4.90 Å². The molecule has 0 amide bonds. The second-order valence-corrected chi connectivity index (χ2v) is 4.63. The molecule has 2 unspecified atom stereocenters. The molecule has 0 spiro atoms. The number of hydrogen-bond acceptors (Lipinski definition) is 2. The van der Waals surface area contributed by atoms with Crippen LogP contribution in [-0.2, 0) is 4.79 Å². The van der Waals surface area contributed by atoms with Gasteiger partial charge in [-0.05, 0) is 45.1 Å². The fraction of sp³-hybridized carbons (Fsp3) is 0.909. The monoisotopic (exact) mass is 181 g/mol. The van der Waals surface area contributed by atoms with Crippen LogP contribution in [0.4, 0.5) is 0 Å². The van der Waals surface area contributed by atoms with E-state index in [0.717, 1.165) is 31.3 Å². The summed E-state index contributed by atoms with van der Waals surface area (Å²) in [6.07, 6.45) is 6.13. The maximum absolute atomic E-state index is 10.8. The third-order valence-electron chi connectivity index (χ3n) is 3.50. The summed E-state index contributed by atoms with van der Waals surface area (Å²) in [5.41, 5.74) is 0. The predicted molar refractivity (Wildman–Crippen MR) is 52.6 cm³/mol. The minimum absolute atomic E-state index is 0.337. The SMILES string of the molecule is CC(=O)CCCN1CC2CCC1C2. The zero-order valence-corrected chi connectivity index (χ0v) is 8.46. The first-order valence-electron chi connectivity index (χ1n) is 5.49. The van der Waals surface area contributed by atoms with Crippen molar-refractivity contribution in [3.05, 3.63) is 0 Å². The van der Waals surface area contributed by atoms with E-state index in [4.69, 9.17) is 0 Å². The summed E-state index contributed by atoms with van der Waals surface area (Å²) in [4.78, 5) is 13.4. The molecule has 0 N–H and O–H groups in total. The van der Waals surface area contributed by atoms with Gasteiger partial charge in [0.1, 0.15) is 5.78 Å². The fourth-order valence-electron chi connectivity index (χ4n) is 2.83. The quantitative estimate of drug-likeness (QED) is 0.659. The lowest BCUT2D eigenvalue weighted by molar-refractivity contribution is -0.117. The van der Waals surface area contributed by atoms with Crippen LogP contribution < -0.4 is 0 Å². The van der Waals surface area contributed by atoms with Crippen molar-refractivity contribution < 1.29 is 4.79 Å². The molecular formula is C11H19NO. The molecule has 0 radical (unpaired) electrons. The lowest BCUT2D eigenvalue weighted by Crippen LogP contribution is -2.32. The lowest BCUT2D eigenvalue weighted by Gasteiger charge is -2.26. The second kappa shape index (κ2) is 3.79. The molecule has 13 heavy (non-hydrogen) atoms. The molecule has 1 aliphatic carbocycles. The summed E-state index contributed by atoms with van der Waals surface area (Å²) < 4.78 is 0. The summed E-state index contributed by atoms with van der Waals surface area (Å²) in [5, 5.41) is 0. The van der Waals surface area contributed by atoms with E-state index in [1.165, 1.54) is 25.8 Å². The van der Waals surface area contributed by atoms with Crippen LogP contribution in [0.15, 0.2) is 0 Å². The van der Waals surface area contributed by atoms with Crippen molar-refractivity contribution in [1.82, 2.24) is 4.90 Å². The molecule has 74 valence electrons. The Kier molecular flexibility index (Phi) is 2.68. The largest absolute Gasteiger partial charge is 0.300 e. The number of hydrogen-bond donors (Lipinski definition) is 0. The zero-order valence-electron chi connectivity index (χ0n) is 8.46. The Morgan fingerprint density at radius 3 is 2.85 bits per heavy atom. The van der Waals surface area contributed by atoms with Gasteiger partial charge in [-0.1, -0.05) is 0 Å². The Morgan fingerprint density at radius 2 is 2.31 bits per heavy atom. The van der Waals surface area contributed by atoms with Crippen LogP contribution in [0, 0.1) is 5.92 Å². The topological polar surface area (TPSA) is 20.3 Å². The Labute approximate surface area is 80.3 Å². The number of fused-ring (bicyclic) bond motifs is 2. The average Bonchev–Trinajstić information content (AvgIpc) is 2.64. The van der Waals surface area contributed by atoms with Crippen molar-refractivity contribution in [2.24, 2.45) is 5.92 Å². The molecule has 1 saturated heterocycles. The summed E-state index contributed by atoms with van der Waals surface area (Å²) in [5.74, 6) is 1.33. The molecular weight excluding hydrogens is 162 g/mol. The van der Waals surface area contributed by atoms with Crippen molar-refractivity contribution in [3.63, 3.8) is 0 Å². The van der Waals surface area contributed by atoms with Gasteiger partial charge in [0.05, 0.1) is 0 Å². The van der Waals surface area contributed by atoms with Gasteiger partial charge in [-0.15, -0.1) is 0 Å². The normalized spacial score (nSPS) is 32.7. The Morgan fingerprint density at radius 1 is 1.46 bits per heavy atom. The molecule has 2 heteroatoms. The predicted octanol–water partition coefficient (Wildman–Crippen LogP) is 1.84. The zero-order chi connectivity index (χ0) is 9.26. The van der Waals surface area contributed by atoms with E-state index in [0.29, 0.717) is 5.78 Å². The first-order valence-corrected chi connectivity index (χ1v) is 5.49. The van der Waals surface area contributed by atoms with Gasteiger partial charge in [-0.3, -0.25) is 0 Å². The highest BCUT2D eigenvalue weighted by atomic mass is 16.1. The molecule has 2 fully saturated rings. The van der Waals surface area contributed by atoms with Crippen LogP contribution in [0.5, 0.6) is 0 Å². The van der Waals surface area contributed by atoms with E-state index in [1.54, 1.807) is 6.92 Å². The van der Waals surface area contributed by atoms with Crippen molar-refractivity contribution in [1.29, 1.82) is 0 Å². The second-order valence-electron chi connectivity index (χ2n) is 4.63. The summed E-state index contributed by atoms with van der Waals surface area (Å²) in [6.45, 7) is 4.15. The number of carbonyl (C=O) groups is 1. The van der Waals surface area contributed by atoms with Gasteiger partial charge in [0, 0.05) is 19.0 Å². The van der Waals surface area contributed by atoms with Crippen LogP contribution in [-0.4, -0.2) is 29.8 Å². The standard InChI is InChI=1S/C11H19NO/c1-9(13)3-2-6-12-8-10-4-5-11(12)7-10/h10-11H,2-8H2,1H3. The molecule has 0 aromatic carbocycles. The van der Waals surface area contributed by atoms with Gasteiger partial charge in [0.25, 0.3) is 0 Å². The number of ketones is 1. The first-order chi connectivity index (χ1) is 6.25. The molecule has 1 aliphatic heterocycles. The van der Waals surface area contributed by atoms with Crippen LogP contribution in [0.25, 0.3) is 0 Å². The minimum atomic E-state index is 0.337. The Balaban J connectivity index is 1.68. The van der Waals surface area contributed by atoms with Crippen LogP contribution in [0.2, 0.25) is 0 Å². The molecule has 0 aromatic heterocycles. The van der Waals surface area contributed by atoms with Gasteiger partial charge >= 0.3 is 0 Å². The van der Waals surface area contributed by atoms with E-state index in [1.807, 2.05) is 0 Å². The van der Waals surface area contributed by atoms with Crippen molar-refractivity contribution >= 4 is 5.78 Å². The number of nitrogens with zero attached hydrogens (tertiary/aromatic N) is 1. The number of carbonyl (C=O) groups excluding carboxylic acids is 1. The smallest absolute Gasteiger partial charge is 0.129 e. The van der Waals surface area contributed by atoms with Crippen molar-refractivity contribution in [2.75, 3.05) is 13.1 Å². The molecule has 2 nitrogen and oxygen atoms in total. The molecule has 2 bridgehead atoms. The minimum Gasteiger partial charge on any atom is -0.300 e. The molecule has 2 aliphatic rings. The van der Waals surface area contributed by atoms with Gasteiger partial charge in [-0.2, -0.15) is 0 Å². The van der Waals surface area contributed by atoms with Crippen LogP contribution >= 0.6 is 0 Å². The third kappa shape index (κ3) is 2.11. The van der Waals surface area contributed by atoms with Gasteiger partial charge in [0.15, 0.2) is 0 Å². The average molecular weight is 181 g/mol. The highest BCUT2D eigenvalue weighted by Crippen LogP contribution is 2.37. The third-order valence-corrected chi connectivity index (χ3v) is 3.50. The van der Waals surface area contributed by atoms with Crippen molar-refractivity contribution in [2.45, 2.75) is 45.1 Å². The Bertz CT molecular complexity index is 202. The molecule has 2 rings (SSSR count). The van der Waals surface area contributed by atoms with E-state index in [9.17, 15) is 4.79 Å². The van der Waals surface area contributed by atoms with Gasteiger partial charge < -0.3 is 9.69 Å². The Hall–Kier alpha value is -0.370. The highest BCUT2D eigenvalue weighted by molar-refractivity contribution is 5.75. The molecule has 1 saturated carbocycles. The number of piperidine rings is 1. The number of rotatable bonds is 4. The van der Waals surface area contributed by atoms with Crippen LogP contribution in [0.3, 0.4) is 0 Å². The molecule has 2 atom stereocenters. The van der Waals surface area contributed by atoms with Crippen molar-refractivity contribution in [3.8, 4) is 0 Å². The molecule has 1 heterocycles.